The van der Waals surface area contributed by atoms with Gasteiger partial charge < -0.3 is 0 Å². The summed E-state index contributed by atoms with van der Waals surface area (Å²) in [6.45, 7) is 1.68. The van der Waals surface area contributed by atoms with E-state index in [1.54, 1.807) is 24.5 Å². The molecule has 1 amide bonds. The second kappa shape index (κ2) is 7.13. The molecule has 26 heavy (non-hydrogen) atoms. The molecule has 0 radical (unpaired) electrons. The minimum Gasteiger partial charge on any atom is -0.286 e. The maximum absolute atomic E-state index is 13.0. The molecule has 3 aromatic heterocycles. The number of carbonyl (C=O) groups excluding carboxylic acids is 1. The second-order valence-corrected chi connectivity index (χ2v) is 8.34. The van der Waals surface area contributed by atoms with Crippen LogP contribution < -0.4 is 11.0 Å². The first-order chi connectivity index (χ1) is 12.6. The second-order valence-electron chi connectivity index (χ2n) is 6.27. The minimum absolute atomic E-state index is 0.140. The Balaban J connectivity index is 1.60. The molecule has 1 aliphatic rings. The fraction of sp³-hybridized carbons (Fsp3) is 0.333. The molecule has 8 heteroatoms. The third-order valence-electron chi connectivity index (χ3n) is 4.61. The van der Waals surface area contributed by atoms with E-state index in [-0.39, 0.29) is 11.5 Å². The molecule has 0 aromatic carbocycles. The number of aromatic nitrogens is 2. The molecule has 6 nitrogen and oxygen atoms in total. The zero-order valence-electron chi connectivity index (χ0n) is 14.3. The van der Waals surface area contributed by atoms with Gasteiger partial charge in [0.25, 0.3) is 11.5 Å². The van der Waals surface area contributed by atoms with Crippen LogP contribution in [0.25, 0.3) is 10.2 Å². The molecule has 0 saturated heterocycles. The highest BCUT2D eigenvalue weighted by Gasteiger charge is 2.23. The maximum atomic E-state index is 13.0. The molecule has 1 unspecified atom stereocenters. The van der Waals surface area contributed by atoms with E-state index in [1.165, 1.54) is 27.1 Å². The Bertz CT molecular complexity index is 1030. The van der Waals surface area contributed by atoms with Gasteiger partial charge in [0.15, 0.2) is 0 Å². The summed E-state index contributed by atoms with van der Waals surface area (Å²) in [5.41, 5.74) is 3.49. The van der Waals surface area contributed by atoms with Crippen LogP contribution in [-0.2, 0) is 17.6 Å². The molecule has 0 fully saturated rings. The number of carbonyl (C=O) groups is 1. The topological polar surface area (TPSA) is 76.3 Å². The summed E-state index contributed by atoms with van der Waals surface area (Å²) in [4.78, 5) is 32.8. The van der Waals surface area contributed by atoms with Crippen molar-refractivity contribution in [2.24, 2.45) is 5.10 Å². The van der Waals surface area contributed by atoms with Gasteiger partial charge >= 0.3 is 0 Å². The molecule has 0 saturated carbocycles. The largest absolute Gasteiger partial charge is 0.286 e. The summed E-state index contributed by atoms with van der Waals surface area (Å²) in [6, 6.07) is 3.14. The van der Waals surface area contributed by atoms with Crippen molar-refractivity contribution in [3.8, 4) is 0 Å². The van der Waals surface area contributed by atoms with E-state index in [0.29, 0.717) is 5.39 Å². The van der Waals surface area contributed by atoms with Gasteiger partial charge in [-0.1, -0.05) is 6.07 Å². The van der Waals surface area contributed by atoms with Gasteiger partial charge in [0.1, 0.15) is 10.9 Å². The summed E-state index contributed by atoms with van der Waals surface area (Å²) in [5.74, 6) is -0.342. The SMILES string of the molecule is CC(C(=O)NN=Cc1cccs1)n1cnc2sc3c(c2c1=O)CCCC3. The monoisotopic (exact) mass is 386 g/mol. The summed E-state index contributed by atoms with van der Waals surface area (Å²) in [6.07, 6.45) is 7.26. The number of fused-ring (bicyclic) bond motifs is 3. The van der Waals surface area contributed by atoms with Gasteiger partial charge in [-0.2, -0.15) is 5.10 Å². The van der Waals surface area contributed by atoms with E-state index >= 15 is 0 Å². The lowest BCUT2D eigenvalue weighted by Gasteiger charge is -2.14. The molecule has 3 aromatic rings. The number of amides is 1. The quantitative estimate of drug-likeness (QED) is 0.553. The lowest BCUT2D eigenvalue weighted by molar-refractivity contribution is -0.123. The number of hydrogen-bond acceptors (Lipinski definition) is 6. The van der Waals surface area contributed by atoms with Gasteiger partial charge in [0.05, 0.1) is 17.9 Å². The molecule has 1 N–H and O–H groups in total. The van der Waals surface area contributed by atoms with Crippen LogP contribution in [0.1, 0.15) is 41.1 Å². The van der Waals surface area contributed by atoms with E-state index in [2.05, 4.69) is 15.5 Å². The van der Waals surface area contributed by atoms with Gasteiger partial charge in [-0.3, -0.25) is 14.2 Å². The van der Waals surface area contributed by atoms with E-state index < -0.39 is 6.04 Å². The Morgan fingerprint density at radius 1 is 1.42 bits per heavy atom. The lowest BCUT2D eigenvalue weighted by atomic mass is 9.97. The Labute approximate surface area is 158 Å². The number of aryl methyl sites for hydroxylation is 2. The Morgan fingerprint density at radius 3 is 3.08 bits per heavy atom. The molecule has 0 bridgehead atoms. The molecule has 3 heterocycles. The Hall–Kier alpha value is -2.32. The first kappa shape index (κ1) is 17.1. The van der Waals surface area contributed by atoms with Gasteiger partial charge in [-0.15, -0.1) is 22.7 Å². The van der Waals surface area contributed by atoms with Crippen molar-refractivity contribution in [3.05, 3.63) is 49.5 Å². The summed E-state index contributed by atoms with van der Waals surface area (Å²) in [7, 11) is 0. The molecular formula is C18H18N4O2S2. The molecule has 134 valence electrons. The van der Waals surface area contributed by atoms with Crippen molar-refractivity contribution in [1.29, 1.82) is 0 Å². The average molecular weight is 387 g/mol. The van der Waals surface area contributed by atoms with Crippen LogP contribution in [0.4, 0.5) is 0 Å². The standard InChI is InChI=1S/C18H18N4O2S2/c1-11(16(23)21-20-9-12-5-4-8-25-12)22-10-19-17-15(18(22)24)13-6-2-3-7-14(13)26-17/h4-5,8-11H,2-3,6-7H2,1H3,(H,21,23). The van der Waals surface area contributed by atoms with Crippen molar-refractivity contribution in [3.63, 3.8) is 0 Å². The number of hydrazone groups is 1. The maximum Gasteiger partial charge on any atom is 0.263 e. The molecule has 0 spiro atoms. The van der Waals surface area contributed by atoms with E-state index in [4.69, 9.17) is 0 Å². The molecular weight excluding hydrogens is 368 g/mol. The zero-order chi connectivity index (χ0) is 18.1. The van der Waals surface area contributed by atoms with E-state index in [1.807, 2.05) is 17.5 Å². The number of nitrogens with zero attached hydrogens (tertiary/aromatic N) is 3. The first-order valence-corrected chi connectivity index (χ1v) is 10.2. The highest BCUT2D eigenvalue weighted by molar-refractivity contribution is 7.18. The van der Waals surface area contributed by atoms with Gasteiger partial charge in [0, 0.05) is 9.75 Å². The predicted octanol–water partition coefficient (Wildman–Crippen LogP) is 3.11. The van der Waals surface area contributed by atoms with E-state index in [0.717, 1.165) is 41.0 Å². The number of rotatable bonds is 4. The van der Waals surface area contributed by atoms with Crippen molar-refractivity contribution in [2.45, 2.75) is 38.6 Å². The smallest absolute Gasteiger partial charge is 0.263 e. The van der Waals surface area contributed by atoms with Crippen LogP contribution in [0.15, 0.2) is 33.7 Å². The molecule has 1 aliphatic carbocycles. The van der Waals surface area contributed by atoms with Crippen molar-refractivity contribution >= 4 is 45.0 Å². The summed E-state index contributed by atoms with van der Waals surface area (Å²) < 4.78 is 1.40. The molecule has 0 aliphatic heterocycles. The van der Waals surface area contributed by atoms with E-state index in [9.17, 15) is 9.59 Å². The van der Waals surface area contributed by atoms with Crippen LogP contribution in [0, 0.1) is 0 Å². The van der Waals surface area contributed by atoms with Crippen LogP contribution in [0.2, 0.25) is 0 Å². The van der Waals surface area contributed by atoms with Gasteiger partial charge in [-0.05, 0) is 49.6 Å². The van der Waals surface area contributed by atoms with Crippen LogP contribution in [0.5, 0.6) is 0 Å². The Kier molecular flexibility index (Phi) is 4.69. The number of thiophene rings is 2. The third-order valence-corrected chi connectivity index (χ3v) is 6.61. The number of nitrogens with one attached hydrogen (secondary N) is 1. The van der Waals surface area contributed by atoms with Crippen LogP contribution in [0.3, 0.4) is 0 Å². The lowest BCUT2D eigenvalue weighted by Crippen LogP contribution is -2.34. The zero-order valence-corrected chi connectivity index (χ0v) is 15.9. The number of hydrogen-bond donors (Lipinski definition) is 1. The predicted molar refractivity (Wildman–Crippen MR) is 105 cm³/mol. The summed E-state index contributed by atoms with van der Waals surface area (Å²) >= 11 is 3.14. The minimum atomic E-state index is -0.681. The van der Waals surface area contributed by atoms with Crippen LogP contribution >= 0.6 is 22.7 Å². The summed E-state index contributed by atoms with van der Waals surface area (Å²) in [5, 5.41) is 6.59. The highest BCUT2D eigenvalue weighted by atomic mass is 32.1. The van der Waals surface area contributed by atoms with Crippen molar-refractivity contribution in [2.75, 3.05) is 0 Å². The van der Waals surface area contributed by atoms with Crippen molar-refractivity contribution in [1.82, 2.24) is 15.0 Å². The highest BCUT2D eigenvalue weighted by Crippen LogP contribution is 2.33. The third kappa shape index (κ3) is 3.10. The molecule has 1 atom stereocenters. The Morgan fingerprint density at radius 2 is 2.27 bits per heavy atom. The van der Waals surface area contributed by atoms with Crippen LogP contribution in [-0.4, -0.2) is 21.7 Å². The average Bonchev–Trinajstić information content (AvgIpc) is 3.28. The first-order valence-electron chi connectivity index (χ1n) is 8.53. The fourth-order valence-corrected chi connectivity index (χ4v) is 4.98. The van der Waals surface area contributed by atoms with Crippen molar-refractivity contribution < 1.29 is 4.79 Å². The van der Waals surface area contributed by atoms with Gasteiger partial charge in [-0.25, -0.2) is 10.4 Å². The fourth-order valence-electron chi connectivity index (χ4n) is 3.18. The van der Waals surface area contributed by atoms with Gasteiger partial charge in [0.2, 0.25) is 0 Å². The normalized spacial score (nSPS) is 15.3. The molecule has 4 rings (SSSR count).